The fraction of sp³-hybridized carbons (Fsp3) is 0.250. The lowest BCUT2D eigenvalue weighted by atomic mass is 10.0. The molecule has 0 saturated carbocycles. The van der Waals surface area contributed by atoms with Gasteiger partial charge in [-0.15, -0.1) is 11.3 Å². The molecule has 1 aromatic heterocycles. The van der Waals surface area contributed by atoms with Crippen molar-refractivity contribution in [1.29, 1.82) is 0 Å². The van der Waals surface area contributed by atoms with Crippen LogP contribution >= 0.6 is 11.3 Å². The minimum Gasteiger partial charge on any atom is -0.496 e. The number of esters is 1. The molecule has 0 aliphatic rings. The number of thiophene rings is 1. The molecule has 1 N–H and O–H groups in total. The Morgan fingerprint density at radius 2 is 1.62 bits per heavy atom. The summed E-state index contributed by atoms with van der Waals surface area (Å²) in [5.41, 5.74) is 2.08. The van der Waals surface area contributed by atoms with Gasteiger partial charge in [0.25, 0.3) is 5.91 Å². The zero-order valence-electron chi connectivity index (χ0n) is 18.6. The lowest BCUT2D eigenvalue weighted by molar-refractivity contribution is 0.0529. The average Bonchev–Trinajstić information content (AvgIpc) is 3.13. The predicted octanol–water partition coefficient (Wildman–Crippen LogP) is 5.18. The molecule has 2 aromatic carbocycles. The Kier molecular flexibility index (Phi) is 7.37. The molecule has 1 amide bonds. The monoisotopic (exact) mass is 455 g/mol. The highest BCUT2D eigenvalue weighted by molar-refractivity contribution is 7.17. The summed E-state index contributed by atoms with van der Waals surface area (Å²) >= 11 is 1.30. The Bertz CT molecular complexity index is 1140. The smallest absolute Gasteiger partial charge is 0.341 e. The number of nitrogens with one attached hydrogen (secondary N) is 1. The van der Waals surface area contributed by atoms with Gasteiger partial charge in [-0.1, -0.05) is 18.2 Å². The van der Waals surface area contributed by atoms with Crippen LogP contribution in [-0.2, 0) is 4.74 Å². The van der Waals surface area contributed by atoms with Crippen LogP contribution in [0.2, 0.25) is 0 Å². The molecular formula is C24H25NO6S. The van der Waals surface area contributed by atoms with Crippen molar-refractivity contribution in [1.82, 2.24) is 0 Å². The predicted molar refractivity (Wildman–Crippen MR) is 124 cm³/mol. The number of amides is 1. The number of methoxy groups -OCH3 is 3. The van der Waals surface area contributed by atoms with Gasteiger partial charge in [-0.2, -0.15) is 0 Å². The maximum absolute atomic E-state index is 13.0. The van der Waals surface area contributed by atoms with Crippen molar-refractivity contribution < 1.29 is 28.5 Å². The number of rotatable bonds is 8. The summed E-state index contributed by atoms with van der Waals surface area (Å²) in [4.78, 5) is 26.8. The van der Waals surface area contributed by atoms with Crippen molar-refractivity contribution >= 4 is 28.2 Å². The third-order valence-corrected chi connectivity index (χ3v) is 5.84. The molecular weight excluding hydrogens is 430 g/mol. The van der Waals surface area contributed by atoms with Crippen LogP contribution in [0, 0.1) is 6.92 Å². The summed E-state index contributed by atoms with van der Waals surface area (Å²) in [6.45, 7) is 3.83. The first kappa shape index (κ1) is 23.1. The normalized spacial score (nSPS) is 10.4. The van der Waals surface area contributed by atoms with Crippen LogP contribution in [-0.4, -0.2) is 39.8 Å². The summed E-state index contributed by atoms with van der Waals surface area (Å²) in [5, 5.41) is 3.27. The van der Waals surface area contributed by atoms with E-state index < -0.39 is 5.97 Å². The second-order valence-corrected chi connectivity index (χ2v) is 7.91. The zero-order chi connectivity index (χ0) is 23.3. The highest BCUT2D eigenvalue weighted by Crippen LogP contribution is 2.43. The van der Waals surface area contributed by atoms with Gasteiger partial charge >= 0.3 is 5.97 Å². The van der Waals surface area contributed by atoms with Gasteiger partial charge in [-0.25, -0.2) is 4.79 Å². The Hall–Kier alpha value is -3.52. The van der Waals surface area contributed by atoms with Crippen molar-refractivity contribution in [2.45, 2.75) is 13.8 Å². The largest absolute Gasteiger partial charge is 0.496 e. The molecule has 3 rings (SSSR count). The van der Waals surface area contributed by atoms with Crippen molar-refractivity contribution in [2.24, 2.45) is 0 Å². The van der Waals surface area contributed by atoms with E-state index in [1.165, 1.54) is 18.4 Å². The van der Waals surface area contributed by atoms with Crippen molar-refractivity contribution in [3.05, 3.63) is 58.5 Å². The molecule has 0 spiro atoms. The van der Waals surface area contributed by atoms with Crippen LogP contribution in [0.4, 0.5) is 5.00 Å². The first-order valence-electron chi connectivity index (χ1n) is 9.92. The summed E-state index contributed by atoms with van der Waals surface area (Å²) < 4.78 is 21.3. The first-order chi connectivity index (χ1) is 15.4. The fourth-order valence-electron chi connectivity index (χ4n) is 3.37. The molecule has 168 valence electrons. The van der Waals surface area contributed by atoms with Gasteiger partial charge in [0, 0.05) is 10.4 Å². The van der Waals surface area contributed by atoms with E-state index >= 15 is 0 Å². The van der Waals surface area contributed by atoms with E-state index in [1.54, 1.807) is 57.5 Å². The number of hydrogen-bond donors (Lipinski definition) is 1. The standard InChI is InChI=1S/C24H25NO6S/c1-6-31-24(27)21-20(15-11-12-18(29-4)19(13-15)30-5)14(2)32-23(21)25-22(26)16-9-7-8-10-17(16)28-3/h7-13H,6H2,1-5H3,(H,25,26). The van der Waals surface area contributed by atoms with Crippen LogP contribution in [0.15, 0.2) is 42.5 Å². The highest BCUT2D eigenvalue weighted by Gasteiger charge is 2.27. The second-order valence-electron chi connectivity index (χ2n) is 6.68. The molecule has 0 bridgehead atoms. The molecule has 0 aliphatic heterocycles. The van der Waals surface area contributed by atoms with E-state index in [0.717, 1.165) is 10.4 Å². The maximum Gasteiger partial charge on any atom is 0.341 e. The van der Waals surface area contributed by atoms with E-state index in [4.69, 9.17) is 18.9 Å². The molecule has 3 aromatic rings. The fourth-order valence-corrected chi connectivity index (χ4v) is 4.43. The van der Waals surface area contributed by atoms with Crippen molar-refractivity contribution in [3.63, 3.8) is 0 Å². The van der Waals surface area contributed by atoms with Crippen LogP contribution in [0.1, 0.15) is 32.5 Å². The average molecular weight is 456 g/mol. The molecule has 0 saturated heterocycles. The number of aryl methyl sites for hydroxylation is 1. The van der Waals surface area contributed by atoms with Gasteiger partial charge < -0.3 is 24.3 Å². The number of benzene rings is 2. The molecule has 32 heavy (non-hydrogen) atoms. The number of ether oxygens (including phenoxy) is 4. The molecule has 0 atom stereocenters. The minimum atomic E-state index is -0.517. The highest BCUT2D eigenvalue weighted by atomic mass is 32.1. The molecule has 1 heterocycles. The van der Waals surface area contributed by atoms with Gasteiger partial charge in [0.15, 0.2) is 11.5 Å². The summed E-state index contributed by atoms with van der Waals surface area (Å²) in [6, 6.07) is 12.3. The Labute approximate surface area is 190 Å². The number of anilines is 1. The molecule has 0 aliphatic carbocycles. The lowest BCUT2D eigenvalue weighted by Gasteiger charge is -2.12. The molecule has 7 nitrogen and oxygen atoms in total. The first-order valence-corrected chi connectivity index (χ1v) is 10.7. The van der Waals surface area contributed by atoms with Gasteiger partial charge in [0.2, 0.25) is 0 Å². The van der Waals surface area contributed by atoms with Gasteiger partial charge in [0.05, 0.1) is 33.5 Å². The Morgan fingerprint density at radius 1 is 0.938 bits per heavy atom. The van der Waals surface area contributed by atoms with E-state index in [-0.39, 0.29) is 12.5 Å². The number of hydrogen-bond acceptors (Lipinski definition) is 7. The van der Waals surface area contributed by atoms with E-state index in [9.17, 15) is 9.59 Å². The third kappa shape index (κ3) is 4.55. The topological polar surface area (TPSA) is 83.1 Å². The van der Waals surface area contributed by atoms with Crippen LogP contribution in [0.25, 0.3) is 11.1 Å². The van der Waals surface area contributed by atoms with Gasteiger partial charge in [-0.05, 0) is 43.7 Å². The lowest BCUT2D eigenvalue weighted by Crippen LogP contribution is -2.15. The van der Waals surface area contributed by atoms with E-state index in [1.807, 2.05) is 13.0 Å². The molecule has 8 heteroatoms. The maximum atomic E-state index is 13.0. The minimum absolute atomic E-state index is 0.207. The van der Waals surface area contributed by atoms with Crippen molar-refractivity contribution in [2.75, 3.05) is 33.3 Å². The quantitative estimate of drug-likeness (QED) is 0.472. The zero-order valence-corrected chi connectivity index (χ0v) is 19.4. The van der Waals surface area contributed by atoms with Crippen LogP contribution < -0.4 is 19.5 Å². The number of carbonyl (C=O) groups excluding carboxylic acids is 2. The van der Waals surface area contributed by atoms with Crippen molar-refractivity contribution in [3.8, 4) is 28.4 Å². The van der Waals surface area contributed by atoms with Crippen LogP contribution in [0.5, 0.6) is 17.2 Å². The van der Waals surface area contributed by atoms with Gasteiger partial charge in [0.1, 0.15) is 16.3 Å². The summed E-state index contributed by atoms with van der Waals surface area (Å²) in [5.74, 6) is 0.651. The van der Waals surface area contributed by atoms with Crippen LogP contribution in [0.3, 0.4) is 0 Å². The second kappa shape index (κ2) is 10.2. The summed E-state index contributed by atoms with van der Waals surface area (Å²) in [6.07, 6.45) is 0. The Morgan fingerprint density at radius 3 is 2.28 bits per heavy atom. The van der Waals surface area contributed by atoms with Gasteiger partial charge in [-0.3, -0.25) is 4.79 Å². The SMILES string of the molecule is CCOC(=O)c1c(NC(=O)c2ccccc2OC)sc(C)c1-c1ccc(OC)c(OC)c1. The Balaban J connectivity index is 2.11. The van der Waals surface area contributed by atoms with E-state index in [0.29, 0.717) is 38.9 Å². The third-order valence-electron chi connectivity index (χ3n) is 4.81. The number of carbonyl (C=O) groups is 2. The molecule has 0 fully saturated rings. The molecule has 0 radical (unpaired) electrons. The number of para-hydroxylation sites is 1. The molecule has 0 unspecified atom stereocenters. The summed E-state index contributed by atoms with van der Waals surface area (Å²) in [7, 11) is 4.61. The van der Waals surface area contributed by atoms with E-state index in [2.05, 4.69) is 5.32 Å².